The molecular weight excluding hydrogens is 375 g/mol. The summed E-state index contributed by atoms with van der Waals surface area (Å²) in [5.41, 5.74) is 2.19. The van der Waals surface area contributed by atoms with Crippen molar-refractivity contribution in [2.75, 3.05) is 0 Å². The van der Waals surface area contributed by atoms with Crippen LogP contribution >= 0.6 is 11.6 Å². The molecule has 134 valence electrons. The molecule has 0 amide bonds. The standard InChI is InChI=1S/C20H16ClFO3S/c21-17-6-9-19(20(22)11-17)16-4-7-18(8-5-16)26(24,25)13-15-3-1-2-14(10-15)12-23/h1-11,23H,12-13H2. The van der Waals surface area contributed by atoms with E-state index in [9.17, 15) is 12.8 Å². The van der Waals surface area contributed by atoms with Gasteiger partial charge in [-0.25, -0.2) is 12.8 Å². The molecule has 1 N–H and O–H groups in total. The van der Waals surface area contributed by atoms with Crippen LogP contribution in [0.1, 0.15) is 11.1 Å². The van der Waals surface area contributed by atoms with Gasteiger partial charge < -0.3 is 5.11 Å². The van der Waals surface area contributed by atoms with E-state index >= 15 is 0 Å². The van der Waals surface area contributed by atoms with Crippen molar-refractivity contribution < 1.29 is 17.9 Å². The van der Waals surface area contributed by atoms with E-state index in [0.29, 0.717) is 27.3 Å². The van der Waals surface area contributed by atoms with Gasteiger partial charge in [-0.05, 0) is 47.0 Å². The molecule has 0 aromatic heterocycles. The molecule has 0 saturated carbocycles. The number of sulfone groups is 1. The molecule has 3 aromatic carbocycles. The lowest BCUT2D eigenvalue weighted by Gasteiger charge is -2.08. The van der Waals surface area contributed by atoms with E-state index in [1.165, 1.54) is 18.2 Å². The molecule has 6 heteroatoms. The van der Waals surface area contributed by atoms with Crippen LogP contribution in [0, 0.1) is 5.82 Å². The minimum Gasteiger partial charge on any atom is -0.392 e. The molecule has 0 atom stereocenters. The quantitative estimate of drug-likeness (QED) is 0.692. The van der Waals surface area contributed by atoms with Gasteiger partial charge in [0.05, 0.1) is 17.3 Å². The fraction of sp³-hybridized carbons (Fsp3) is 0.100. The predicted molar refractivity (Wildman–Crippen MR) is 100 cm³/mol. The molecule has 3 nitrogen and oxygen atoms in total. The van der Waals surface area contributed by atoms with E-state index in [-0.39, 0.29) is 17.3 Å². The number of aliphatic hydroxyl groups is 1. The Morgan fingerprint density at radius 3 is 2.27 bits per heavy atom. The third-order valence-corrected chi connectivity index (χ3v) is 5.93. The second kappa shape index (κ2) is 7.58. The maximum absolute atomic E-state index is 14.0. The molecule has 0 spiro atoms. The zero-order valence-electron chi connectivity index (χ0n) is 13.7. The van der Waals surface area contributed by atoms with Gasteiger partial charge in [-0.2, -0.15) is 0 Å². The first-order valence-corrected chi connectivity index (χ1v) is 9.89. The molecule has 0 aliphatic heterocycles. The molecule has 0 radical (unpaired) electrons. The van der Waals surface area contributed by atoms with Crippen molar-refractivity contribution in [1.29, 1.82) is 0 Å². The van der Waals surface area contributed by atoms with Crippen molar-refractivity contribution in [3.05, 3.63) is 88.7 Å². The Morgan fingerprint density at radius 2 is 1.62 bits per heavy atom. The van der Waals surface area contributed by atoms with Gasteiger partial charge in [-0.15, -0.1) is 0 Å². The summed E-state index contributed by atoms with van der Waals surface area (Å²) in [7, 11) is -3.55. The third-order valence-electron chi connectivity index (χ3n) is 3.99. The van der Waals surface area contributed by atoms with Gasteiger partial charge in [0.15, 0.2) is 9.84 Å². The van der Waals surface area contributed by atoms with Crippen LogP contribution in [0.4, 0.5) is 4.39 Å². The monoisotopic (exact) mass is 390 g/mol. The fourth-order valence-electron chi connectivity index (χ4n) is 2.69. The van der Waals surface area contributed by atoms with Crippen molar-refractivity contribution >= 4 is 21.4 Å². The first-order valence-electron chi connectivity index (χ1n) is 7.86. The fourth-order valence-corrected chi connectivity index (χ4v) is 4.18. The summed E-state index contributed by atoms with van der Waals surface area (Å²) in [6.45, 7) is -0.144. The molecule has 0 unspecified atom stereocenters. The summed E-state index contributed by atoms with van der Waals surface area (Å²) in [5, 5.41) is 9.47. The highest BCUT2D eigenvalue weighted by Gasteiger charge is 2.16. The van der Waals surface area contributed by atoms with E-state index in [4.69, 9.17) is 16.7 Å². The second-order valence-electron chi connectivity index (χ2n) is 5.89. The highest BCUT2D eigenvalue weighted by Crippen LogP contribution is 2.27. The minimum atomic E-state index is -3.55. The van der Waals surface area contributed by atoms with E-state index in [0.717, 1.165) is 0 Å². The first kappa shape index (κ1) is 18.6. The molecule has 0 bridgehead atoms. The molecule has 0 saturated heterocycles. The van der Waals surface area contributed by atoms with E-state index in [1.807, 2.05) is 0 Å². The van der Waals surface area contributed by atoms with Crippen LogP contribution in [0.25, 0.3) is 11.1 Å². The molecule has 3 aromatic rings. The lowest BCUT2D eigenvalue weighted by atomic mass is 10.1. The van der Waals surface area contributed by atoms with Crippen LogP contribution in [-0.4, -0.2) is 13.5 Å². The maximum Gasteiger partial charge on any atom is 0.182 e. The van der Waals surface area contributed by atoms with Crippen molar-refractivity contribution in [2.45, 2.75) is 17.3 Å². The Hall–Kier alpha value is -2.21. The normalized spacial score (nSPS) is 11.5. The number of rotatable bonds is 5. The molecule has 0 heterocycles. The lowest BCUT2D eigenvalue weighted by molar-refractivity contribution is 0.282. The van der Waals surface area contributed by atoms with Crippen LogP contribution in [0.3, 0.4) is 0 Å². The molecule has 0 fully saturated rings. The Kier molecular flexibility index (Phi) is 5.41. The molecule has 0 aliphatic rings. The molecule has 3 rings (SSSR count). The summed E-state index contributed by atoms with van der Waals surface area (Å²) >= 11 is 5.75. The molecule has 0 aliphatic carbocycles. The van der Waals surface area contributed by atoms with Gasteiger partial charge in [0, 0.05) is 10.6 Å². The lowest BCUT2D eigenvalue weighted by Crippen LogP contribution is -2.05. The number of hydrogen-bond acceptors (Lipinski definition) is 3. The molecule has 26 heavy (non-hydrogen) atoms. The number of halogens is 2. The minimum absolute atomic E-state index is 0.144. The third kappa shape index (κ3) is 4.12. The summed E-state index contributed by atoms with van der Waals surface area (Å²) in [6, 6.07) is 17.2. The van der Waals surface area contributed by atoms with E-state index in [1.54, 1.807) is 48.5 Å². The Labute approximate surface area is 156 Å². The predicted octanol–water partition coefficient (Wildman–Crippen LogP) is 4.61. The average molecular weight is 391 g/mol. The van der Waals surface area contributed by atoms with Gasteiger partial charge in [-0.3, -0.25) is 0 Å². The smallest absolute Gasteiger partial charge is 0.182 e. The highest BCUT2D eigenvalue weighted by molar-refractivity contribution is 7.90. The topological polar surface area (TPSA) is 54.4 Å². The SMILES string of the molecule is O=S(=O)(Cc1cccc(CO)c1)c1ccc(-c2ccc(Cl)cc2F)cc1. The first-order chi connectivity index (χ1) is 12.4. The Morgan fingerprint density at radius 1 is 0.923 bits per heavy atom. The highest BCUT2D eigenvalue weighted by atomic mass is 35.5. The average Bonchev–Trinajstić information content (AvgIpc) is 2.62. The van der Waals surface area contributed by atoms with Crippen LogP contribution in [0.2, 0.25) is 5.02 Å². The largest absolute Gasteiger partial charge is 0.392 e. The zero-order chi connectivity index (χ0) is 18.7. The summed E-state index contributed by atoms with van der Waals surface area (Å²) in [6.07, 6.45) is 0. The zero-order valence-corrected chi connectivity index (χ0v) is 15.3. The van der Waals surface area contributed by atoms with Gasteiger partial charge in [0.2, 0.25) is 0 Å². The van der Waals surface area contributed by atoms with E-state index < -0.39 is 15.7 Å². The second-order valence-corrected chi connectivity index (χ2v) is 8.31. The van der Waals surface area contributed by atoms with E-state index in [2.05, 4.69) is 0 Å². The summed E-state index contributed by atoms with van der Waals surface area (Å²) < 4.78 is 39.2. The van der Waals surface area contributed by atoms with Crippen LogP contribution in [0.15, 0.2) is 71.6 Å². The summed E-state index contributed by atoms with van der Waals surface area (Å²) in [4.78, 5) is 0.157. The number of hydrogen-bond donors (Lipinski definition) is 1. The van der Waals surface area contributed by atoms with Gasteiger partial charge in [0.25, 0.3) is 0 Å². The Bertz CT molecular complexity index is 1030. The molecular formula is C20H16ClFO3S. The van der Waals surface area contributed by atoms with Crippen LogP contribution in [0.5, 0.6) is 0 Å². The van der Waals surface area contributed by atoms with Crippen LogP contribution in [-0.2, 0) is 22.2 Å². The Balaban J connectivity index is 1.87. The van der Waals surface area contributed by atoms with Crippen molar-refractivity contribution in [3.8, 4) is 11.1 Å². The van der Waals surface area contributed by atoms with Crippen molar-refractivity contribution in [2.24, 2.45) is 0 Å². The van der Waals surface area contributed by atoms with Crippen molar-refractivity contribution in [1.82, 2.24) is 0 Å². The number of aliphatic hydroxyl groups excluding tert-OH is 1. The number of benzene rings is 3. The summed E-state index contributed by atoms with van der Waals surface area (Å²) in [5.74, 6) is -0.635. The maximum atomic E-state index is 14.0. The van der Waals surface area contributed by atoms with Gasteiger partial charge in [-0.1, -0.05) is 48.0 Å². The van der Waals surface area contributed by atoms with Crippen molar-refractivity contribution in [3.63, 3.8) is 0 Å². The van der Waals surface area contributed by atoms with Gasteiger partial charge >= 0.3 is 0 Å². The van der Waals surface area contributed by atoms with Crippen LogP contribution < -0.4 is 0 Å². The van der Waals surface area contributed by atoms with Gasteiger partial charge in [0.1, 0.15) is 5.82 Å².